The zero-order valence-electron chi connectivity index (χ0n) is 11.9. The van der Waals surface area contributed by atoms with Gasteiger partial charge in [0.25, 0.3) is 0 Å². The van der Waals surface area contributed by atoms with Crippen molar-refractivity contribution in [2.24, 2.45) is 5.92 Å². The van der Waals surface area contributed by atoms with E-state index in [-0.39, 0.29) is 0 Å². The maximum absolute atomic E-state index is 11.6. The van der Waals surface area contributed by atoms with Crippen molar-refractivity contribution in [3.05, 3.63) is 0 Å². The molecule has 2 saturated heterocycles. The summed E-state index contributed by atoms with van der Waals surface area (Å²) in [6.07, 6.45) is 6.13. The van der Waals surface area contributed by atoms with Crippen molar-refractivity contribution in [1.82, 2.24) is 10.2 Å². The summed E-state index contributed by atoms with van der Waals surface area (Å²) < 4.78 is 23.2. The second-order valence-corrected chi connectivity index (χ2v) is 9.14. The zero-order chi connectivity index (χ0) is 13.5. The fourth-order valence-electron chi connectivity index (χ4n) is 4.07. The lowest BCUT2D eigenvalue weighted by molar-refractivity contribution is 0.0774. The summed E-state index contributed by atoms with van der Waals surface area (Å²) in [6.45, 7) is 5.41. The summed E-state index contributed by atoms with van der Waals surface area (Å²) in [7, 11) is -2.73. The molecule has 0 aromatic carbocycles. The Bertz CT molecular complexity index is 429. The van der Waals surface area contributed by atoms with E-state index in [0.29, 0.717) is 29.0 Å². The number of rotatable bonds is 2. The minimum absolute atomic E-state index is 0.337. The van der Waals surface area contributed by atoms with Crippen LogP contribution in [0.5, 0.6) is 0 Å². The Morgan fingerprint density at radius 1 is 1.32 bits per heavy atom. The number of hydrogen-bond acceptors (Lipinski definition) is 4. The molecule has 2 aliphatic heterocycles. The lowest BCUT2D eigenvalue weighted by Gasteiger charge is -2.46. The van der Waals surface area contributed by atoms with Gasteiger partial charge in [0.2, 0.25) is 0 Å². The number of nitrogens with one attached hydrogen (secondary N) is 1. The summed E-state index contributed by atoms with van der Waals surface area (Å²) >= 11 is 0. The first-order valence-electron chi connectivity index (χ1n) is 7.68. The number of sulfone groups is 1. The van der Waals surface area contributed by atoms with Crippen molar-refractivity contribution in [2.45, 2.75) is 50.6 Å². The van der Waals surface area contributed by atoms with E-state index in [1.807, 2.05) is 0 Å². The van der Waals surface area contributed by atoms with Gasteiger partial charge in [-0.05, 0) is 32.1 Å². The van der Waals surface area contributed by atoms with Crippen molar-refractivity contribution in [1.29, 1.82) is 0 Å². The van der Waals surface area contributed by atoms with Crippen LogP contribution in [0.25, 0.3) is 0 Å². The van der Waals surface area contributed by atoms with E-state index in [9.17, 15) is 8.42 Å². The van der Waals surface area contributed by atoms with E-state index in [4.69, 9.17) is 0 Å². The molecule has 3 fully saturated rings. The highest BCUT2D eigenvalue weighted by atomic mass is 32.2. The highest BCUT2D eigenvalue weighted by Crippen LogP contribution is 2.34. The van der Waals surface area contributed by atoms with Crippen LogP contribution in [-0.4, -0.2) is 56.0 Å². The lowest BCUT2D eigenvalue weighted by Crippen LogP contribution is -2.63. The summed E-state index contributed by atoms with van der Waals surface area (Å²) in [5, 5.41) is 3.76. The molecule has 2 atom stereocenters. The number of piperazine rings is 1. The number of nitrogens with zero attached hydrogens (tertiary/aromatic N) is 1. The van der Waals surface area contributed by atoms with Gasteiger partial charge in [-0.25, -0.2) is 8.42 Å². The predicted molar refractivity (Wildman–Crippen MR) is 77.0 cm³/mol. The van der Waals surface area contributed by atoms with Gasteiger partial charge in [-0.2, -0.15) is 0 Å². The summed E-state index contributed by atoms with van der Waals surface area (Å²) in [4.78, 5) is 2.55. The summed E-state index contributed by atoms with van der Waals surface area (Å²) in [5.74, 6) is 1.18. The average Bonchev–Trinajstić information content (AvgIpc) is 2.92. The first-order valence-corrected chi connectivity index (χ1v) is 9.50. The third-order valence-electron chi connectivity index (χ3n) is 5.28. The average molecular weight is 286 g/mol. The van der Waals surface area contributed by atoms with Gasteiger partial charge < -0.3 is 5.32 Å². The molecule has 0 amide bonds. The molecule has 0 bridgehead atoms. The minimum Gasteiger partial charge on any atom is -0.308 e. The molecule has 1 spiro atoms. The van der Waals surface area contributed by atoms with Crippen molar-refractivity contribution in [3.8, 4) is 0 Å². The van der Waals surface area contributed by atoms with E-state index < -0.39 is 9.84 Å². The Morgan fingerprint density at radius 2 is 2.05 bits per heavy atom. The first-order chi connectivity index (χ1) is 8.98. The molecule has 110 valence electrons. The molecule has 1 aliphatic carbocycles. The maximum Gasteiger partial charge on any atom is 0.150 e. The van der Waals surface area contributed by atoms with Crippen molar-refractivity contribution < 1.29 is 8.42 Å². The maximum atomic E-state index is 11.6. The van der Waals surface area contributed by atoms with Gasteiger partial charge in [0.15, 0.2) is 9.84 Å². The Morgan fingerprint density at radius 3 is 2.68 bits per heavy atom. The standard InChI is InChI=1S/C14H26N2O2S/c1-12-8-15-14(5-2-3-6-14)11-16(12)9-13-4-7-19(17,18)10-13/h12-13,15H,2-11H2,1H3. The van der Waals surface area contributed by atoms with Gasteiger partial charge in [-0.15, -0.1) is 0 Å². The van der Waals surface area contributed by atoms with Gasteiger partial charge in [0.1, 0.15) is 0 Å². The normalized spacial score (nSPS) is 37.9. The number of hydrogen-bond donors (Lipinski definition) is 1. The molecular weight excluding hydrogens is 260 g/mol. The second kappa shape index (κ2) is 5.01. The largest absolute Gasteiger partial charge is 0.308 e. The quantitative estimate of drug-likeness (QED) is 0.824. The molecule has 19 heavy (non-hydrogen) atoms. The van der Waals surface area contributed by atoms with Crippen LogP contribution >= 0.6 is 0 Å². The van der Waals surface area contributed by atoms with Crippen LogP contribution in [0.1, 0.15) is 39.0 Å². The van der Waals surface area contributed by atoms with Crippen molar-refractivity contribution >= 4 is 9.84 Å². The summed E-state index contributed by atoms with van der Waals surface area (Å²) in [6, 6.07) is 0.537. The van der Waals surface area contributed by atoms with E-state index >= 15 is 0 Å². The van der Waals surface area contributed by atoms with Crippen molar-refractivity contribution in [3.63, 3.8) is 0 Å². The third kappa shape index (κ3) is 2.98. The predicted octanol–water partition coefficient (Wildman–Crippen LogP) is 1.03. The molecule has 2 heterocycles. The van der Waals surface area contributed by atoms with Crippen LogP contribution < -0.4 is 5.32 Å². The molecular formula is C14H26N2O2S. The highest BCUT2D eigenvalue weighted by Gasteiger charge is 2.41. The Kier molecular flexibility index (Phi) is 3.65. The van der Waals surface area contributed by atoms with Crippen molar-refractivity contribution in [2.75, 3.05) is 31.1 Å². The van der Waals surface area contributed by atoms with Crippen LogP contribution in [0, 0.1) is 5.92 Å². The first kappa shape index (κ1) is 13.8. The van der Waals surface area contributed by atoms with Crippen LogP contribution in [-0.2, 0) is 9.84 Å². The van der Waals surface area contributed by atoms with E-state index in [1.54, 1.807) is 0 Å². The molecule has 2 unspecified atom stereocenters. The molecule has 1 saturated carbocycles. The molecule has 1 N–H and O–H groups in total. The molecule has 3 aliphatic rings. The fraction of sp³-hybridized carbons (Fsp3) is 1.00. The summed E-state index contributed by atoms with van der Waals surface area (Å²) in [5.41, 5.74) is 0.337. The SMILES string of the molecule is CC1CNC2(CCCC2)CN1CC1CCS(=O)(=O)C1. The topological polar surface area (TPSA) is 49.4 Å². The fourth-order valence-corrected chi connectivity index (χ4v) is 5.92. The van der Waals surface area contributed by atoms with Crippen LogP contribution in [0.2, 0.25) is 0 Å². The zero-order valence-corrected chi connectivity index (χ0v) is 12.7. The van der Waals surface area contributed by atoms with Gasteiger partial charge in [-0.3, -0.25) is 4.90 Å². The van der Waals surface area contributed by atoms with Crippen LogP contribution in [0.15, 0.2) is 0 Å². The Balaban J connectivity index is 1.62. The molecule has 4 nitrogen and oxygen atoms in total. The molecule has 5 heteroatoms. The molecule has 0 aromatic heterocycles. The highest BCUT2D eigenvalue weighted by molar-refractivity contribution is 7.91. The van der Waals surface area contributed by atoms with Crippen LogP contribution in [0.3, 0.4) is 0 Å². The Labute approximate surface area is 116 Å². The Hall–Kier alpha value is -0.130. The van der Waals surface area contributed by atoms with E-state index in [1.165, 1.54) is 25.7 Å². The van der Waals surface area contributed by atoms with Crippen LogP contribution in [0.4, 0.5) is 0 Å². The second-order valence-electron chi connectivity index (χ2n) is 6.92. The van der Waals surface area contributed by atoms with Gasteiger partial charge in [0, 0.05) is 31.2 Å². The minimum atomic E-state index is -2.73. The van der Waals surface area contributed by atoms with E-state index in [0.717, 1.165) is 26.1 Å². The van der Waals surface area contributed by atoms with Gasteiger partial charge in [-0.1, -0.05) is 12.8 Å². The molecule has 3 rings (SSSR count). The molecule has 0 radical (unpaired) electrons. The lowest BCUT2D eigenvalue weighted by atomic mass is 9.91. The third-order valence-corrected chi connectivity index (χ3v) is 7.12. The monoisotopic (exact) mass is 286 g/mol. The molecule has 0 aromatic rings. The van der Waals surface area contributed by atoms with Gasteiger partial charge in [0.05, 0.1) is 11.5 Å². The van der Waals surface area contributed by atoms with E-state index in [2.05, 4.69) is 17.1 Å². The smallest absolute Gasteiger partial charge is 0.150 e. The van der Waals surface area contributed by atoms with Gasteiger partial charge >= 0.3 is 0 Å².